The number of nitrogens with zero attached hydrogens (tertiary/aromatic N) is 4. The van der Waals surface area contributed by atoms with Crippen LogP contribution in [0.4, 0.5) is 0 Å². The first kappa shape index (κ1) is 12.1. The van der Waals surface area contributed by atoms with Gasteiger partial charge in [-0.05, 0) is 30.4 Å². The second kappa shape index (κ2) is 4.33. The van der Waals surface area contributed by atoms with Gasteiger partial charge in [0.25, 0.3) is 0 Å². The number of halogens is 2. The number of aliphatic hydroxyl groups is 1. The Balaban J connectivity index is 2.08. The smallest absolute Gasteiger partial charge is 0.225 e. The Morgan fingerprint density at radius 3 is 2.78 bits per heavy atom. The molecule has 0 aliphatic heterocycles. The molecular weight excluding hydrogens is 275 g/mol. The average molecular weight is 287 g/mol. The minimum absolute atomic E-state index is 0.112. The van der Waals surface area contributed by atoms with Crippen molar-refractivity contribution in [2.24, 2.45) is 5.92 Å². The summed E-state index contributed by atoms with van der Waals surface area (Å²) >= 11 is 11.8. The molecule has 0 saturated heterocycles. The van der Waals surface area contributed by atoms with Gasteiger partial charge in [0.2, 0.25) is 5.28 Å². The zero-order valence-corrected chi connectivity index (χ0v) is 11.2. The topological polar surface area (TPSA) is 63.8 Å². The van der Waals surface area contributed by atoms with Crippen LogP contribution < -0.4 is 0 Å². The molecule has 0 radical (unpaired) electrons. The zero-order valence-electron chi connectivity index (χ0n) is 9.72. The lowest BCUT2D eigenvalue weighted by molar-refractivity contribution is 0.139. The van der Waals surface area contributed by atoms with Crippen molar-refractivity contribution in [3.63, 3.8) is 0 Å². The van der Waals surface area contributed by atoms with E-state index in [0.717, 1.165) is 6.42 Å². The summed E-state index contributed by atoms with van der Waals surface area (Å²) in [7, 11) is 0. The van der Waals surface area contributed by atoms with Gasteiger partial charge in [-0.3, -0.25) is 0 Å². The molecule has 5 nitrogen and oxygen atoms in total. The highest BCUT2D eigenvalue weighted by molar-refractivity contribution is 6.35. The Morgan fingerprint density at radius 2 is 2.11 bits per heavy atom. The molecule has 0 aromatic carbocycles. The van der Waals surface area contributed by atoms with E-state index in [1.165, 1.54) is 0 Å². The molecule has 0 spiro atoms. The van der Waals surface area contributed by atoms with Crippen LogP contribution in [-0.4, -0.2) is 30.7 Å². The molecule has 2 aromatic heterocycles. The Morgan fingerprint density at radius 1 is 1.33 bits per heavy atom. The number of aliphatic hydroxyl groups excluding tert-OH is 1. The second-order valence-corrected chi connectivity index (χ2v) is 5.47. The van der Waals surface area contributed by atoms with Crippen molar-refractivity contribution >= 4 is 34.4 Å². The fraction of sp³-hybridized carbons (Fsp3) is 0.545. The second-order valence-electron chi connectivity index (χ2n) is 4.78. The highest BCUT2D eigenvalue weighted by Gasteiger charge is 2.32. The van der Waals surface area contributed by atoms with Crippen molar-refractivity contribution in [2.75, 3.05) is 0 Å². The summed E-state index contributed by atoms with van der Waals surface area (Å²) in [5.74, 6) is 0.278. The van der Waals surface area contributed by atoms with Crippen LogP contribution >= 0.6 is 23.2 Å². The maximum atomic E-state index is 9.83. The molecule has 1 aliphatic carbocycles. The zero-order chi connectivity index (χ0) is 12.9. The highest BCUT2D eigenvalue weighted by atomic mass is 35.5. The van der Waals surface area contributed by atoms with E-state index in [1.807, 2.05) is 11.5 Å². The van der Waals surface area contributed by atoms with Gasteiger partial charge in [-0.1, -0.05) is 18.5 Å². The fourth-order valence-electron chi connectivity index (χ4n) is 2.55. The molecule has 7 heteroatoms. The lowest BCUT2D eigenvalue weighted by Crippen LogP contribution is -2.09. The fourth-order valence-corrected chi connectivity index (χ4v) is 2.97. The van der Waals surface area contributed by atoms with E-state index in [9.17, 15) is 5.11 Å². The van der Waals surface area contributed by atoms with Crippen LogP contribution in [0.25, 0.3) is 11.2 Å². The SMILES string of the molecule is C[C@H]1C[C@@H](n2cnc3c(Cl)nc(Cl)nc32)C[C@@H]1O. The van der Waals surface area contributed by atoms with Gasteiger partial charge in [-0.2, -0.15) is 4.98 Å². The maximum Gasteiger partial charge on any atom is 0.225 e. The lowest BCUT2D eigenvalue weighted by Gasteiger charge is -2.11. The quantitative estimate of drug-likeness (QED) is 0.646. The third-order valence-electron chi connectivity index (χ3n) is 3.56. The van der Waals surface area contributed by atoms with Crippen LogP contribution in [-0.2, 0) is 0 Å². The Labute approximate surface area is 114 Å². The summed E-state index contributed by atoms with van der Waals surface area (Å²) in [6, 6.07) is 0.182. The van der Waals surface area contributed by atoms with Crippen LogP contribution in [0.5, 0.6) is 0 Å². The number of rotatable bonds is 1. The van der Waals surface area contributed by atoms with E-state index >= 15 is 0 Å². The third-order valence-corrected chi connectivity index (χ3v) is 3.99. The minimum atomic E-state index is -0.278. The molecular formula is C11H12Cl2N4O. The van der Waals surface area contributed by atoms with Crippen LogP contribution in [0.3, 0.4) is 0 Å². The highest BCUT2D eigenvalue weighted by Crippen LogP contribution is 2.36. The molecule has 1 N–H and O–H groups in total. The van der Waals surface area contributed by atoms with E-state index in [1.54, 1.807) is 6.33 Å². The molecule has 0 amide bonds. The summed E-state index contributed by atoms with van der Waals surface area (Å²) < 4.78 is 1.93. The lowest BCUT2D eigenvalue weighted by atomic mass is 10.1. The van der Waals surface area contributed by atoms with E-state index in [-0.39, 0.29) is 28.5 Å². The standard InChI is InChI=1S/C11H12Cl2N4O/c1-5-2-6(3-7(5)18)17-4-14-8-9(12)15-11(13)16-10(8)17/h4-7,18H,2-3H2,1H3/t5-,6+,7-/m0/s1. The van der Waals surface area contributed by atoms with Crippen molar-refractivity contribution < 1.29 is 5.11 Å². The summed E-state index contributed by atoms with van der Waals surface area (Å²) in [5.41, 5.74) is 1.18. The maximum absolute atomic E-state index is 9.83. The van der Waals surface area contributed by atoms with Crippen LogP contribution in [0, 0.1) is 5.92 Å². The predicted octanol–water partition coefficient (Wildman–Crippen LogP) is 2.47. The van der Waals surface area contributed by atoms with Gasteiger partial charge in [0.05, 0.1) is 12.4 Å². The van der Waals surface area contributed by atoms with Gasteiger partial charge in [0.1, 0.15) is 5.52 Å². The molecule has 1 aliphatic rings. The molecule has 3 atom stereocenters. The normalized spacial score (nSPS) is 28.1. The number of hydrogen-bond donors (Lipinski definition) is 1. The molecule has 0 bridgehead atoms. The van der Waals surface area contributed by atoms with Gasteiger partial charge >= 0.3 is 0 Å². The van der Waals surface area contributed by atoms with Gasteiger partial charge in [-0.25, -0.2) is 9.97 Å². The third kappa shape index (κ3) is 1.86. The van der Waals surface area contributed by atoms with Gasteiger partial charge in [0, 0.05) is 6.04 Å². The minimum Gasteiger partial charge on any atom is -0.393 e. The van der Waals surface area contributed by atoms with Crippen molar-refractivity contribution in [3.8, 4) is 0 Å². The first-order chi connectivity index (χ1) is 8.56. The Kier molecular flexibility index (Phi) is 2.92. The van der Waals surface area contributed by atoms with Gasteiger partial charge in [-0.15, -0.1) is 0 Å². The Bertz CT molecular complexity index is 590. The average Bonchev–Trinajstić information content (AvgIpc) is 2.83. The summed E-state index contributed by atoms with van der Waals surface area (Å²) in [6.45, 7) is 2.04. The summed E-state index contributed by atoms with van der Waals surface area (Å²) in [5, 5.41) is 10.2. The first-order valence-electron chi connectivity index (χ1n) is 5.80. The molecule has 0 unspecified atom stereocenters. The molecule has 1 saturated carbocycles. The molecule has 18 heavy (non-hydrogen) atoms. The number of imidazole rings is 1. The van der Waals surface area contributed by atoms with E-state index in [4.69, 9.17) is 23.2 Å². The molecule has 3 rings (SSSR count). The van der Waals surface area contributed by atoms with Crippen molar-refractivity contribution in [2.45, 2.75) is 31.9 Å². The van der Waals surface area contributed by atoms with Crippen LogP contribution in [0.15, 0.2) is 6.33 Å². The summed E-state index contributed by atoms with van der Waals surface area (Å²) in [4.78, 5) is 12.3. The molecule has 96 valence electrons. The molecule has 2 heterocycles. The van der Waals surface area contributed by atoms with E-state index < -0.39 is 0 Å². The van der Waals surface area contributed by atoms with Crippen LogP contribution in [0.1, 0.15) is 25.8 Å². The van der Waals surface area contributed by atoms with Crippen molar-refractivity contribution in [3.05, 3.63) is 16.8 Å². The number of fused-ring (bicyclic) bond motifs is 1. The van der Waals surface area contributed by atoms with Gasteiger partial charge in [0.15, 0.2) is 10.8 Å². The largest absolute Gasteiger partial charge is 0.393 e. The van der Waals surface area contributed by atoms with Crippen molar-refractivity contribution in [1.29, 1.82) is 0 Å². The summed E-state index contributed by atoms with van der Waals surface area (Å²) in [6.07, 6.45) is 3.01. The monoisotopic (exact) mass is 286 g/mol. The van der Waals surface area contributed by atoms with Gasteiger partial charge < -0.3 is 9.67 Å². The molecule has 1 fully saturated rings. The number of aromatic nitrogens is 4. The Hall–Kier alpha value is -0.910. The van der Waals surface area contributed by atoms with Crippen molar-refractivity contribution in [1.82, 2.24) is 19.5 Å². The van der Waals surface area contributed by atoms with E-state index in [2.05, 4.69) is 15.0 Å². The molecule has 2 aromatic rings. The van der Waals surface area contributed by atoms with E-state index in [0.29, 0.717) is 17.6 Å². The van der Waals surface area contributed by atoms with Crippen LogP contribution in [0.2, 0.25) is 10.4 Å². The predicted molar refractivity (Wildman–Crippen MR) is 68.8 cm³/mol. The first-order valence-corrected chi connectivity index (χ1v) is 6.55. The number of hydrogen-bond acceptors (Lipinski definition) is 4.